The number of hydrogen-bond acceptors (Lipinski definition) is 4. The highest BCUT2D eigenvalue weighted by Gasteiger charge is 2.17. The van der Waals surface area contributed by atoms with Crippen LogP contribution in [0.2, 0.25) is 0 Å². The molecule has 2 rings (SSSR count). The molecule has 0 bridgehead atoms. The minimum Gasteiger partial charge on any atom is -0.368 e. The second kappa shape index (κ2) is 7.54. The van der Waals surface area contributed by atoms with E-state index >= 15 is 0 Å². The Labute approximate surface area is 125 Å². The molecule has 21 heavy (non-hydrogen) atoms. The van der Waals surface area contributed by atoms with Gasteiger partial charge in [-0.1, -0.05) is 6.92 Å². The second-order valence-electron chi connectivity index (χ2n) is 5.52. The van der Waals surface area contributed by atoms with E-state index in [9.17, 15) is 8.78 Å². The molecule has 118 valence electrons. The zero-order chi connectivity index (χ0) is 15.2. The molecular weight excluding hydrogens is 274 g/mol. The molecule has 1 aromatic rings. The van der Waals surface area contributed by atoms with Crippen LogP contribution in [0.4, 0.5) is 20.4 Å². The SMILES string of the molecule is CCCNc1nc(N(C)CCN2CCCC2)c(F)cc1F. The molecule has 0 radical (unpaired) electrons. The summed E-state index contributed by atoms with van der Waals surface area (Å²) < 4.78 is 27.6. The van der Waals surface area contributed by atoms with Gasteiger partial charge in [0.1, 0.15) is 0 Å². The lowest BCUT2D eigenvalue weighted by Gasteiger charge is -2.23. The lowest BCUT2D eigenvalue weighted by Crippen LogP contribution is -2.32. The average molecular weight is 298 g/mol. The highest BCUT2D eigenvalue weighted by molar-refractivity contribution is 5.48. The molecule has 1 saturated heterocycles. The summed E-state index contributed by atoms with van der Waals surface area (Å²) in [7, 11) is 1.79. The number of likely N-dealkylation sites (N-methyl/N-ethyl adjacent to an activating group) is 1. The summed E-state index contributed by atoms with van der Waals surface area (Å²) in [6, 6.07) is 0.909. The first-order chi connectivity index (χ1) is 10.1. The Bertz CT molecular complexity index is 461. The first-order valence-electron chi connectivity index (χ1n) is 7.65. The quantitative estimate of drug-likeness (QED) is 0.838. The number of hydrogen-bond donors (Lipinski definition) is 1. The van der Waals surface area contributed by atoms with E-state index in [0.29, 0.717) is 13.1 Å². The molecule has 0 amide bonds. The van der Waals surface area contributed by atoms with Crippen LogP contribution in [0.15, 0.2) is 6.07 Å². The van der Waals surface area contributed by atoms with Gasteiger partial charge in [0.25, 0.3) is 0 Å². The van der Waals surface area contributed by atoms with Crippen molar-refractivity contribution in [2.24, 2.45) is 0 Å². The fourth-order valence-corrected chi connectivity index (χ4v) is 2.50. The van der Waals surface area contributed by atoms with Gasteiger partial charge < -0.3 is 15.1 Å². The summed E-state index contributed by atoms with van der Waals surface area (Å²) in [6.45, 7) is 6.38. The van der Waals surface area contributed by atoms with Crippen LogP contribution in [0.1, 0.15) is 26.2 Å². The second-order valence-corrected chi connectivity index (χ2v) is 5.52. The number of pyridine rings is 1. The van der Waals surface area contributed by atoms with E-state index in [0.717, 1.165) is 32.1 Å². The van der Waals surface area contributed by atoms with Gasteiger partial charge in [-0.15, -0.1) is 0 Å². The molecule has 4 nitrogen and oxygen atoms in total. The standard InChI is InChI=1S/C15H24F2N4/c1-3-6-18-14-12(16)11-13(17)15(19-14)20(2)9-10-21-7-4-5-8-21/h11H,3-10H2,1-2H3,(H,18,19). The number of halogens is 2. The normalized spacial score (nSPS) is 15.4. The highest BCUT2D eigenvalue weighted by atomic mass is 19.1. The zero-order valence-electron chi connectivity index (χ0n) is 12.8. The molecule has 1 aliphatic heterocycles. The van der Waals surface area contributed by atoms with Crippen LogP contribution in [0.3, 0.4) is 0 Å². The maximum absolute atomic E-state index is 13.9. The summed E-state index contributed by atoms with van der Waals surface area (Å²) in [5.74, 6) is -0.924. The van der Waals surface area contributed by atoms with E-state index in [2.05, 4.69) is 15.2 Å². The van der Waals surface area contributed by atoms with E-state index in [1.165, 1.54) is 12.8 Å². The smallest absolute Gasteiger partial charge is 0.168 e. The van der Waals surface area contributed by atoms with E-state index in [4.69, 9.17) is 0 Å². The summed E-state index contributed by atoms with van der Waals surface area (Å²) in [4.78, 5) is 8.21. The van der Waals surface area contributed by atoms with Gasteiger partial charge in [-0.3, -0.25) is 0 Å². The summed E-state index contributed by atoms with van der Waals surface area (Å²) in [5.41, 5.74) is 0. The number of likely N-dealkylation sites (tertiary alicyclic amines) is 1. The van der Waals surface area contributed by atoms with Gasteiger partial charge in [-0.2, -0.15) is 0 Å². The van der Waals surface area contributed by atoms with E-state index in [1.54, 1.807) is 11.9 Å². The first kappa shape index (κ1) is 15.9. The third kappa shape index (κ3) is 4.27. The highest BCUT2D eigenvalue weighted by Crippen LogP contribution is 2.21. The van der Waals surface area contributed by atoms with Crippen LogP contribution in [0.5, 0.6) is 0 Å². The molecular formula is C15H24F2N4. The van der Waals surface area contributed by atoms with Crippen LogP contribution in [-0.4, -0.2) is 49.7 Å². The maximum Gasteiger partial charge on any atom is 0.168 e. The topological polar surface area (TPSA) is 31.4 Å². The Morgan fingerprint density at radius 2 is 2.00 bits per heavy atom. The number of nitrogens with zero attached hydrogens (tertiary/aromatic N) is 3. The minimum atomic E-state index is -0.641. The molecule has 1 N–H and O–H groups in total. The fraction of sp³-hybridized carbons (Fsp3) is 0.667. The number of aromatic nitrogens is 1. The van der Waals surface area contributed by atoms with Gasteiger partial charge in [0.15, 0.2) is 23.3 Å². The van der Waals surface area contributed by atoms with Gasteiger partial charge in [0, 0.05) is 32.7 Å². The fourth-order valence-electron chi connectivity index (χ4n) is 2.50. The van der Waals surface area contributed by atoms with Crippen LogP contribution in [-0.2, 0) is 0 Å². The molecule has 0 atom stereocenters. The zero-order valence-corrected chi connectivity index (χ0v) is 12.8. The van der Waals surface area contributed by atoms with Gasteiger partial charge in [-0.05, 0) is 32.4 Å². The van der Waals surface area contributed by atoms with E-state index < -0.39 is 11.6 Å². The number of rotatable bonds is 7. The summed E-state index contributed by atoms with van der Waals surface area (Å²) >= 11 is 0. The lowest BCUT2D eigenvalue weighted by molar-refractivity contribution is 0.346. The van der Waals surface area contributed by atoms with E-state index in [-0.39, 0.29) is 11.6 Å². The van der Waals surface area contributed by atoms with Crippen molar-refractivity contribution in [3.8, 4) is 0 Å². The van der Waals surface area contributed by atoms with E-state index in [1.807, 2.05) is 6.92 Å². The minimum absolute atomic E-state index is 0.126. The van der Waals surface area contributed by atoms with Gasteiger partial charge >= 0.3 is 0 Å². The summed E-state index contributed by atoms with van der Waals surface area (Å²) in [5, 5.41) is 2.89. The molecule has 0 aromatic carbocycles. The largest absolute Gasteiger partial charge is 0.368 e. The van der Waals surface area contributed by atoms with Crippen molar-refractivity contribution < 1.29 is 8.78 Å². The van der Waals surface area contributed by atoms with Crippen molar-refractivity contribution in [1.82, 2.24) is 9.88 Å². The van der Waals surface area contributed by atoms with Crippen LogP contribution < -0.4 is 10.2 Å². The molecule has 2 heterocycles. The van der Waals surface area contributed by atoms with Crippen molar-refractivity contribution in [2.75, 3.05) is 50.0 Å². The Kier molecular flexibility index (Phi) is 5.73. The molecule has 0 unspecified atom stereocenters. The van der Waals surface area contributed by atoms with Crippen molar-refractivity contribution >= 4 is 11.6 Å². The molecule has 6 heteroatoms. The van der Waals surface area contributed by atoms with Crippen LogP contribution in [0, 0.1) is 11.6 Å². The Morgan fingerprint density at radius 1 is 1.29 bits per heavy atom. The molecule has 0 aliphatic carbocycles. The summed E-state index contributed by atoms with van der Waals surface area (Å²) in [6.07, 6.45) is 3.33. The average Bonchev–Trinajstić information content (AvgIpc) is 2.97. The van der Waals surface area contributed by atoms with Crippen molar-refractivity contribution in [3.05, 3.63) is 17.7 Å². The Hall–Kier alpha value is -1.43. The monoisotopic (exact) mass is 298 g/mol. The third-order valence-corrected chi connectivity index (χ3v) is 3.77. The Morgan fingerprint density at radius 3 is 2.67 bits per heavy atom. The maximum atomic E-state index is 13.9. The van der Waals surface area contributed by atoms with Gasteiger partial charge in [0.2, 0.25) is 0 Å². The lowest BCUT2D eigenvalue weighted by atomic mass is 10.3. The number of anilines is 2. The molecule has 1 aromatic heterocycles. The molecule has 0 spiro atoms. The van der Waals surface area contributed by atoms with Gasteiger partial charge in [0.05, 0.1) is 0 Å². The predicted molar refractivity (Wildman–Crippen MR) is 81.9 cm³/mol. The molecule has 0 saturated carbocycles. The third-order valence-electron chi connectivity index (χ3n) is 3.77. The van der Waals surface area contributed by atoms with Crippen molar-refractivity contribution in [1.29, 1.82) is 0 Å². The predicted octanol–water partition coefficient (Wildman–Crippen LogP) is 2.71. The van der Waals surface area contributed by atoms with Crippen molar-refractivity contribution in [2.45, 2.75) is 26.2 Å². The van der Waals surface area contributed by atoms with Gasteiger partial charge in [-0.25, -0.2) is 13.8 Å². The Balaban J connectivity index is 2.02. The first-order valence-corrected chi connectivity index (χ1v) is 7.65. The van der Waals surface area contributed by atoms with Crippen molar-refractivity contribution in [3.63, 3.8) is 0 Å². The molecule has 1 fully saturated rings. The molecule has 1 aliphatic rings. The number of nitrogens with one attached hydrogen (secondary N) is 1. The van der Waals surface area contributed by atoms with Crippen LogP contribution >= 0.6 is 0 Å². The van der Waals surface area contributed by atoms with Crippen LogP contribution in [0.25, 0.3) is 0 Å².